The molecule has 32 heavy (non-hydrogen) atoms. The molecule has 0 heterocycles. The lowest BCUT2D eigenvalue weighted by Gasteiger charge is -2.11. The van der Waals surface area contributed by atoms with Crippen LogP contribution in [0.25, 0.3) is 10.6 Å². The number of sulfone groups is 1. The maximum atomic E-state index is 13.3. The van der Waals surface area contributed by atoms with Crippen molar-refractivity contribution in [3.05, 3.63) is 81.9 Å². The molecule has 0 bridgehead atoms. The SMILES string of the molecule is CCCCCCCCCCCCS(=O)(=O)C(=C(c1ccccc1)[N+](=O)[O-])c1ccccc1. The number of hydrogen-bond acceptors (Lipinski definition) is 4. The van der Waals surface area contributed by atoms with Gasteiger partial charge in [0, 0.05) is 5.56 Å². The van der Waals surface area contributed by atoms with E-state index in [9.17, 15) is 18.5 Å². The largest absolute Gasteiger partial charge is 0.295 e. The summed E-state index contributed by atoms with van der Waals surface area (Å²) >= 11 is 0. The average molecular weight is 458 g/mol. The monoisotopic (exact) mass is 457 g/mol. The van der Waals surface area contributed by atoms with Crippen molar-refractivity contribution in [1.29, 1.82) is 0 Å². The second-order valence-electron chi connectivity index (χ2n) is 8.17. The summed E-state index contributed by atoms with van der Waals surface area (Å²) < 4.78 is 26.6. The van der Waals surface area contributed by atoms with Gasteiger partial charge in [-0.2, -0.15) is 0 Å². The van der Waals surface area contributed by atoms with Crippen LogP contribution in [0.4, 0.5) is 0 Å². The molecule has 0 amide bonds. The zero-order valence-corrected chi connectivity index (χ0v) is 19.9. The van der Waals surface area contributed by atoms with Crippen molar-refractivity contribution in [3.8, 4) is 0 Å². The van der Waals surface area contributed by atoms with Gasteiger partial charge in [-0.1, -0.05) is 113 Å². The van der Waals surface area contributed by atoms with Crippen molar-refractivity contribution in [2.75, 3.05) is 5.75 Å². The van der Waals surface area contributed by atoms with E-state index in [0.29, 0.717) is 17.5 Å². The fourth-order valence-electron chi connectivity index (χ4n) is 3.85. The Hall–Kier alpha value is -2.47. The second-order valence-corrected chi connectivity index (χ2v) is 10.2. The zero-order chi connectivity index (χ0) is 23.2. The molecule has 0 saturated heterocycles. The van der Waals surface area contributed by atoms with Gasteiger partial charge in [-0.25, -0.2) is 8.42 Å². The number of rotatable bonds is 15. The van der Waals surface area contributed by atoms with Crippen molar-refractivity contribution < 1.29 is 13.3 Å². The Morgan fingerprint density at radius 3 is 1.62 bits per heavy atom. The highest BCUT2D eigenvalue weighted by Crippen LogP contribution is 2.32. The zero-order valence-electron chi connectivity index (χ0n) is 19.0. The summed E-state index contributed by atoms with van der Waals surface area (Å²) in [7, 11) is -3.84. The molecule has 6 heteroatoms. The third-order valence-corrected chi connectivity index (χ3v) is 7.44. The standard InChI is InChI=1S/C26H35NO4S/c1-2-3-4-5-6-7-8-9-10-17-22-32(30,31)26(24-20-15-12-16-21-24)25(27(28)29)23-18-13-11-14-19-23/h11-16,18-21H,2-10,17,22H2,1H3. The smallest absolute Gasteiger partial charge is 0.258 e. The van der Waals surface area contributed by atoms with Gasteiger partial charge in [-0.05, 0) is 18.6 Å². The summed E-state index contributed by atoms with van der Waals surface area (Å²) in [6.07, 6.45) is 11.0. The maximum absolute atomic E-state index is 13.3. The van der Waals surface area contributed by atoms with Gasteiger partial charge in [0.2, 0.25) is 0 Å². The van der Waals surface area contributed by atoms with Crippen LogP contribution in [0.2, 0.25) is 0 Å². The Labute approximate surface area is 192 Å². The first-order valence-corrected chi connectivity index (χ1v) is 13.3. The predicted octanol–water partition coefficient (Wildman–Crippen LogP) is 7.12. The molecule has 0 aliphatic heterocycles. The highest BCUT2D eigenvalue weighted by atomic mass is 32.2. The highest BCUT2D eigenvalue weighted by molar-refractivity contribution is 8.00. The molecule has 0 aliphatic carbocycles. The van der Waals surface area contributed by atoms with Gasteiger partial charge in [0.05, 0.1) is 16.2 Å². The van der Waals surface area contributed by atoms with Gasteiger partial charge in [-0.3, -0.25) is 10.1 Å². The minimum absolute atomic E-state index is 0.0854. The normalized spacial score (nSPS) is 12.4. The van der Waals surface area contributed by atoms with Gasteiger partial charge in [0.15, 0.2) is 14.7 Å². The van der Waals surface area contributed by atoms with Crippen LogP contribution in [0.5, 0.6) is 0 Å². The minimum Gasteiger partial charge on any atom is -0.258 e. The summed E-state index contributed by atoms with van der Waals surface area (Å²) in [6, 6.07) is 16.7. The molecular weight excluding hydrogens is 422 g/mol. The van der Waals surface area contributed by atoms with E-state index in [4.69, 9.17) is 0 Å². The third-order valence-electron chi connectivity index (χ3n) is 5.56. The summed E-state index contributed by atoms with van der Waals surface area (Å²) in [4.78, 5) is 11.2. The van der Waals surface area contributed by atoms with Crippen LogP contribution in [0, 0.1) is 10.1 Å². The first-order chi connectivity index (χ1) is 15.5. The Bertz CT molecular complexity index is 954. The van der Waals surface area contributed by atoms with E-state index in [1.807, 2.05) is 0 Å². The number of nitro groups is 1. The molecule has 0 radical (unpaired) electrons. The summed E-state index contributed by atoms with van der Waals surface area (Å²) in [5, 5.41) is 12.0. The molecule has 0 unspecified atom stereocenters. The van der Waals surface area contributed by atoms with E-state index in [-0.39, 0.29) is 16.4 Å². The van der Waals surface area contributed by atoms with E-state index >= 15 is 0 Å². The van der Waals surface area contributed by atoms with Crippen LogP contribution in [0.3, 0.4) is 0 Å². The molecule has 0 spiro atoms. The van der Waals surface area contributed by atoms with Gasteiger partial charge in [0.25, 0.3) is 5.70 Å². The molecule has 2 aromatic rings. The van der Waals surface area contributed by atoms with Crippen LogP contribution in [-0.4, -0.2) is 19.1 Å². The van der Waals surface area contributed by atoms with Crippen LogP contribution >= 0.6 is 0 Å². The Morgan fingerprint density at radius 2 is 1.16 bits per heavy atom. The van der Waals surface area contributed by atoms with Crippen molar-refractivity contribution in [3.63, 3.8) is 0 Å². The first-order valence-electron chi connectivity index (χ1n) is 11.7. The molecule has 0 saturated carbocycles. The molecule has 2 rings (SSSR count). The minimum atomic E-state index is -3.84. The van der Waals surface area contributed by atoms with E-state index < -0.39 is 14.8 Å². The molecular formula is C26H35NO4S. The molecule has 2 aromatic carbocycles. The van der Waals surface area contributed by atoms with Crippen molar-refractivity contribution in [2.24, 2.45) is 0 Å². The van der Waals surface area contributed by atoms with E-state index in [1.54, 1.807) is 60.7 Å². The lowest BCUT2D eigenvalue weighted by Crippen LogP contribution is -2.14. The molecule has 0 atom stereocenters. The van der Waals surface area contributed by atoms with Crippen molar-refractivity contribution in [1.82, 2.24) is 0 Å². The summed E-state index contributed by atoms with van der Waals surface area (Å²) in [6.45, 7) is 2.21. The van der Waals surface area contributed by atoms with Crippen LogP contribution in [0.1, 0.15) is 82.3 Å². The van der Waals surface area contributed by atoms with E-state index in [1.165, 1.54) is 38.5 Å². The number of hydrogen-bond donors (Lipinski definition) is 0. The quantitative estimate of drug-likeness (QED) is 0.123. The molecule has 0 N–H and O–H groups in total. The second kappa shape index (κ2) is 13.8. The Balaban J connectivity index is 2.10. The lowest BCUT2D eigenvalue weighted by atomic mass is 10.1. The number of benzene rings is 2. The average Bonchev–Trinajstić information content (AvgIpc) is 2.79. The van der Waals surface area contributed by atoms with Gasteiger partial charge >= 0.3 is 0 Å². The third kappa shape index (κ3) is 8.23. The van der Waals surface area contributed by atoms with Gasteiger partial charge in [-0.15, -0.1) is 0 Å². The van der Waals surface area contributed by atoms with Crippen LogP contribution in [-0.2, 0) is 9.84 Å². The predicted molar refractivity (Wildman–Crippen MR) is 132 cm³/mol. The Kier molecular flexibility index (Phi) is 11.2. The summed E-state index contributed by atoms with van der Waals surface area (Å²) in [5.74, 6) is -0.0854. The fraction of sp³-hybridized carbons (Fsp3) is 0.462. The number of unbranched alkanes of at least 4 members (excludes halogenated alkanes) is 9. The van der Waals surface area contributed by atoms with E-state index in [0.717, 1.165) is 19.3 Å². The molecule has 174 valence electrons. The maximum Gasteiger partial charge on any atom is 0.295 e. The van der Waals surface area contributed by atoms with Gasteiger partial charge < -0.3 is 0 Å². The highest BCUT2D eigenvalue weighted by Gasteiger charge is 2.31. The summed E-state index contributed by atoms with van der Waals surface area (Å²) in [5.41, 5.74) is 0.294. The van der Waals surface area contributed by atoms with Crippen LogP contribution in [0.15, 0.2) is 60.7 Å². The van der Waals surface area contributed by atoms with Crippen LogP contribution < -0.4 is 0 Å². The van der Waals surface area contributed by atoms with E-state index in [2.05, 4.69) is 6.92 Å². The molecule has 0 fully saturated rings. The van der Waals surface area contributed by atoms with Crippen molar-refractivity contribution in [2.45, 2.75) is 71.1 Å². The fourth-order valence-corrected chi connectivity index (χ4v) is 5.62. The topological polar surface area (TPSA) is 77.3 Å². The number of nitrogens with zero attached hydrogens (tertiary/aromatic N) is 1. The first kappa shape index (κ1) is 25.8. The van der Waals surface area contributed by atoms with Crippen molar-refractivity contribution >= 4 is 20.4 Å². The van der Waals surface area contributed by atoms with Gasteiger partial charge in [0.1, 0.15) is 0 Å². The molecule has 5 nitrogen and oxygen atoms in total. The lowest BCUT2D eigenvalue weighted by molar-refractivity contribution is -0.374. The molecule has 0 aliphatic rings. The Morgan fingerprint density at radius 1 is 0.719 bits per heavy atom. The molecule has 0 aromatic heterocycles.